The number of hydrogen-bond donors (Lipinski definition) is 2. The van der Waals surface area contributed by atoms with Crippen LogP contribution in [0.3, 0.4) is 0 Å². The molecule has 1 aliphatic heterocycles. The summed E-state index contributed by atoms with van der Waals surface area (Å²) in [6.45, 7) is 0. The van der Waals surface area contributed by atoms with Gasteiger partial charge in [-0.15, -0.1) is 0 Å². The highest BCUT2D eigenvalue weighted by Crippen LogP contribution is 2.35. The van der Waals surface area contributed by atoms with Crippen molar-refractivity contribution in [3.63, 3.8) is 0 Å². The normalized spacial score (nSPS) is 16.4. The Kier molecular flexibility index (Phi) is 3.65. The van der Waals surface area contributed by atoms with Gasteiger partial charge in [0.25, 0.3) is 5.91 Å². The average Bonchev–Trinajstić information content (AvgIpc) is 3.08. The highest BCUT2D eigenvalue weighted by Gasteiger charge is 2.25. The third kappa shape index (κ3) is 2.71. The van der Waals surface area contributed by atoms with E-state index in [0.29, 0.717) is 28.6 Å². The van der Waals surface area contributed by atoms with E-state index in [1.165, 1.54) is 0 Å². The van der Waals surface area contributed by atoms with E-state index in [-0.39, 0.29) is 17.7 Å². The van der Waals surface area contributed by atoms with Gasteiger partial charge in [0.05, 0.1) is 5.56 Å². The van der Waals surface area contributed by atoms with Gasteiger partial charge in [0, 0.05) is 17.8 Å². The molecule has 122 valence electrons. The van der Waals surface area contributed by atoms with Crippen LogP contribution in [0.1, 0.15) is 36.0 Å². The molecule has 0 atom stereocenters. The van der Waals surface area contributed by atoms with Gasteiger partial charge in [-0.3, -0.25) is 9.59 Å². The average molecular weight is 323 g/mol. The number of carbonyl (C=O) groups excluding carboxylic acids is 2. The number of carbonyl (C=O) groups is 2. The van der Waals surface area contributed by atoms with E-state index in [0.717, 1.165) is 25.7 Å². The maximum Gasteiger partial charge on any atom is 0.259 e. The molecule has 24 heavy (non-hydrogen) atoms. The molecule has 6 heteroatoms. The predicted octanol–water partition coefficient (Wildman–Crippen LogP) is 3.57. The summed E-state index contributed by atoms with van der Waals surface area (Å²) in [6, 6.07) is 8.53. The fraction of sp³-hybridized carbons (Fsp3) is 0.278. The number of amides is 2. The number of anilines is 2. The van der Waals surface area contributed by atoms with Crippen molar-refractivity contribution < 1.29 is 14.3 Å². The van der Waals surface area contributed by atoms with Crippen LogP contribution in [-0.4, -0.2) is 16.8 Å². The lowest BCUT2D eigenvalue weighted by molar-refractivity contribution is -0.119. The summed E-state index contributed by atoms with van der Waals surface area (Å²) in [7, 11) is 0. The molecule has 1 aromatic heterocycles. The van der Waals surface area contributed by atoms with Crippen molar-refractivity contribution in [1.29, 1.82) is 0 Å². The van der Waals surface area contributed by atoms with Crippen molar-refractivity contribution in [3.05, 3.63) is 42.1 Å². The van der Waals surface area contributed by atoms with Gasteiger partial charge in [0.2, 0.25) is 11.8 Å². The monoisotopic (exact) mass is 323 g/mol. The van der Waals surface area contributed by atoms with Gasteiger partial charge in [-0.1, -0.05) is 12.8 Å². The molecule has 0 bridgehead atoms. The Balaban J connectivity index is 1.60. The number of nitrogens with zero attached hydrogens (tertiary/aromatic N) is 1. The SMILES string of the molecule is O=C1Nc2cccnc2Oc2ccc(NC(=O)C3CCCC3)cc21. The van der Waals surface area contributed by atoms with E-state index in [4.69, 9.17) is 4.74 Å². The van der Waals surface area contributed by atoms with Gasteiger partial charge in [0.1, 0.15) is 11.4 Å². The van der Waals surface area contributed by atoms with Gasteiger partial charge in [-0.2, -0.15) is 0 Å². The Morgan fingerprint density at radius 3 is 2.92 bits per heavy atom. The summed E-state index contributed by atoms with van der Waals surface area (Å²) in [5, 5.41) is 5.68. The second-order valence-corrected chi connectivity index (χ2v) is 6.09. The third-order valence-electron chi connectivity index (χ3n) is 4.44. The number of aromatic nitrogens is 1. The molecule has 0 unspecified atom stereocenters. The van der Waals surface area contributed by atoms with Gasteiger partial charge >= 0.3 is 0 Å². The lowest BCUT2D eigenvalue weighted by atomic mass is 10.1. The molecule has 2 aromatic rings. The highest BCUT2D eigenvalue weighted by atomic mass is 16.5. The fourth-order valence-electron chi connectivity index (χ4n) is 3.17. The van der Waals surface area contributed by atoms with Crippen LogP contribution in [0.4, 0.5) is 11.4 Å². The number of ether oxygens (including phenoxy) is 1. The first-order chi connectivity index (χ1) is 11.7. The summed E-state index contributed by atoms with van der Waals surface area (Å²) in [6.07, 6.45) is 5.67. The van der Waals surface area contributed by atoms with Crippen LogP contribution in [0.25, 0.3) is 0 Å². The second kappa shape index (κ2) is 5.96. The van der Waals surface area contributed by atoms with Crippen LogP contribution in [0.5, 0.6) is 11.6 Å². The van der Waals surface area contributed by atoms with Gasteiger partial charge < -0.3 is 15.4 Å². The molecule has 2 aliphatic rings. The second-order valence-electron chi connectivity index (χ2n) is 6.09. The van der Waals surface area contributed by atoms with Crippen LogP contribution in [0, 0.1) is 5.92 Å². The molecule has 2 heterocycles. The standard InChI is InChI=1S/C18H17N3O3/c22-16(11-4-1-2-5-11)20-12-7-8-15-13(10-12)17(23)21-14-6-3-9-19-18(14)24-15/h3,6-11H,1-2,4-5H2,(H,20,22)(H,21,23). The molecule has 1 saturated carbocycles. The van der Waals surface area contributed by atoms with Crippen LogP contribution < -0.4 is 15.4 Å². The predicted molar refractivity (Wildman–Crippen MR) is 89.3 cm³/mol. The lowest BCUT2D eigenvalue weighted by Gasteiger charge is -2.12. The maximum atomic E-state index is 12.4. The summed E-state index contributed by atoms with van der Waals surface area (Å²) in [5.74, 6) is 0.583. The van der Waals surface area contributed by atoms with Gasteiger partial charge in [-0.25, -0.2) is 4.98 Å². The summed E-state index contributed by atoms with van der Waals surface area (Å²) in [5.41, 5.74) is 1.50. The fourth-order valence-corrected chi connectivity index (χ4v) is 3.17. The molecule has 2 amide bonds. The molecule has 4 rings (SSSR count). The van der Waals surface area contributed by atoms with Crippen molar-refractivity contribution in [2.45, 2.75) is 25.7 Å². The molecular weight excluding hydrogens is 306 g/mol. The maximum absolute atomic E-state index is 12.4. The van der Waals surface area contributed by atoms with E-state index in [1.54, 1.807) is 36.5 Å². The van der Waals surface area contributed by atoms with E-state index in [2.05, 4.69) is 15.6 Å². The minimum atomic E-state index is -0.284. The molecule has 1 aliphatic carbocycles. The number of nitrogens with one attached hydrogen (secondary N) is 2. The van der Waals surface area contributed by atoms with Crippen molar-refractivity contribution in [2.75, 3.05) is 10.6 Å². The summed E-state index contributed by atoms with van der Waals surface area (Å²) in [4.78, 5) is 28.8. The first-order valence-electron chi connectivity index (χ1n) is 8.10. The molecule has 0 saturated heterocycles. The Morgan fingerprint density at radius 1 is 1.25 bits per heavy atom. The summed E-state index contributed by atoms with van der Waals surface area (Å²) < 4.78 is 5.73. The topological polar surface area (TPSA) is 80.3 Å². The van der Waals surface area contributed by atoms with Gasteiger partial charge in [-0.05, 0) is 43.2 Å². The minimum absolute atomic E-state index is 0.0207. The number of fused-ring (bicyclic) bond motifs is 2. The Morgan fingerprint density at radius 2 is 2.08 bits per heavy atom. The number of rotatable bonds is 2. The van der Waals surface area contributed by atoms with Crippen molar-refractivity contribution >= 4 is 23.2 Å². The first kappa shape index (κ1) is 14.7. The summed E-state index contributed by atoms with van der Waals surface area (Å²) >= 11 is 0. The Hall–Kier alpha value is -2.89. The van der Waals surface area contributed by atoms with Gasteiger partial charge in [0.15, 0.2) is 0 Å². The lowest BCUT2D eigenvalue weighted by Crippen LogP contribution is -2.20. The van der Waals surface area contributed by atoms with E-state index >= 15 is 0 Å². The quantitative estimate of drug-likeness (QED) is 0.885. The number of hydrogen-bond acceptors (Lipinski definition) is 4. The number of benzene rings is 1. The molecule has 0 radical (unpaired) electrons. The zero-order chi connectivity index (χ0) is 16.5. The Labute approximate surface area is 139 Å². The first-order valence-corrected chi connectivity index (χ1v) is 8.10. The van der Waals surface area contributed by atoms with E-state index in [1.807, 2.05) is 0 Å². The molecule has 2 N–H and O–H groups in total. The van der Waals surface area contributed by atoms with Crippen LogP contribution in [-0.2, 0) is 4.79 Å². The number of pyridine rings is 1. The largest absolute Gasteiger partial charge is 0.436 e. The van der Waals surface area contributed by atoms with Crippen LogP contribution in [0.15, 0.2) is 36.5 Å². The van der Waals surface area contributed by atoms with E-state index < -0.39 is 0 Å². The molecule has 1 aromatic carbocycles. The highest BCUT2D eigenvalue weighted by molar-refractivity contribution is 6.08. The molecular formula is C18H17N3O3. The minimum Gasteiger partial charge on any atom is -0.436 e. The zero-order valence-corrected chi connectivity index (χ0v) is 13.0. The van der Waals surface area contributed by atoms with Crippen LogP contribution in [0.2, 0.25) is 0 Å². The van der Waals surface area contributed by atoms with Crippen LogP contribution >= 0.6 is 0 Å². The third-order valence-corrected chi connectivity index (χ3v) is 4.44. The van der Waals surface area contributed by atoms with Crippen molar-refractivity contribution in [2.24, 2.45) is 5.92 Å². The smallest absolute Gasteiger partial charge is 0.259 e. The molecule has 0 spiro atoms. The molecule has 1 fully saturated rings. The van der Waals surface area contributed by atoms with E-state index in [9.17, 15) is 9.59 Å². The van der Waals surface area contributed by atoms with Crippen molar-refractivity contribution in [1.82, 2.24) is 4.98 Å². The Bertz CT molecular complexity index is 813. The van der Waals surface area contributed by atoms with Crippen molar-refractivity contribution in [3.8, 4) is 11.6 Å². The zero-order valence-electron chi connectivity index (χ0n) is 13.0. The molecule has 6 nitrogen and oxygen atoms in total.